The molecule has 0 bridgehead atoms. The summed E-state index contributed by atoms with van der Waals surface area (Å²) in [6, 6.07) is 12.9. The van der Waals surface area contributed by atoms with Crippen molar-refractivity contribution < 1.29 is 18.8 Å². The molecular weight excluding hydrogens is 367 g/mol. The van der Waals surface area contributed by atoms with Gasteiger partial charge in [0.15, 0.2) is 0 Å². The number of imide groups is 1. The third-order valence-electron chi connectivity index (χ3n) is 3.99. The average molecular weight is 384 g/mol. The molecule has 1 N–H and O–H groups in total. The van der Waals surface area contributed by atoms with Crippen molar-refractivity contribution in [3.63, 3.8) is 0 Å². The first-order valence-corrected chi connectivity index (χ1v) is 9.17. The number of benzene rings is 2. The second-order valence-corrected chi connectivity index (χ2v) is 6.91. The Labute approximate surface area is 160 Å². The van der Waals surface area contributed by atoms with Crippen molar-refractivity contribution in [2.45, 2.75) is 13.3 Å². The molecule has 0 radical (unpaired) electrons. The Morgan fingerprint density at radius 3 is 2.41 bits per heavy atom. The maximum atomic E-state index is 13.0. The number of carbonyl (C=O) groups excluding carboxylic acids is 3. The molecule has 27 heavy (non-hydrogen) atoms. The van der Waals surface area contributed by atoms with Crippen LogP contribution in [0.15, 0.2) is 53.4 Å². The van der Waals surface area contributed by atoms with Crippen LogP contribution in [0.1, 0.15) is 18.1 Å². The quantitative estimate of drug-likeness (QED) is 0.790. The van der Waals surface area contributed by atoms with Crippen LogP contribution in [0, 0.1) is 5.82 Å². The minimum Gasteiger partial charge on any atom is -0.325 e. The fraction of sp³-hybridized carbons (Fsp3) is 0.150. The third-order valence-corrected chi connectivity index (χ3v) is 4.90. The Kier molecular flexibility index (Phi) is 5.71. The normalized spacial score (nSPS) is 15.5. The molecule has 3 rings (SSSR count). The first-order valence-electron chi connectivity index (χ1n) is 8.36. The van der Waals surface area contributed by atoms with E-state index in [4.69, 9.17) is 0 Å². The number of anilines is 1. The summed E-state index contributed by atoms with van der Waals surface area (Å²) in [5.74, 6) is -1.38. The number of halogens is 1. The number of rotatable bonds is 5. The van der Waals surface area contributed by atoms with E-state index in [0.29, 0.717) is 11.3 Å². The molecule has 7 heteroatoms. The standard InChI is InChI=1S/C20H17FN2O3S/c1-2-13-5-9-16(10-6-13)22-18(24)12-23-19(25)17(27-20(23)26)11-14-3-7-15(21)8-4-14/h3-11H,2,12H2,1H3,(H,22,24)/b17-11+. The van der Waals surface area contributed by atoms with Gasteiger partial charge in [0, 0.05) is 5.69 Å². The van der Waals surface area contributed by atoms with Crippen LogP contribution in [-0.4, -0.2) is 28.5 Å². The Hall–Kier alpha value is -2.93. The summed E-state index contributed by atoms with van der Waals surface area (Å²) in [6.07, 6.45) is 2.40. The molecular formula is C20H17FN2O3S. The van der Waals surface area contributed by atoms with Crippen LogP contribution in [0.5, 0.6) is 0 Å². The number of nitrogens with one attached hydrogen (secondary N) is 1. The third kappa shape index (κ3) is 4.62. The van der Waals surface area contributed by atoms with E-state index in [9.17, 15) is 18.8 Å². The van der Waals surface area contributed by atoms with Gasteiger partial charge in [-0.3, -0.25) is 19.3 Å². The van der Waals surface area contributed by atoms with E-state index in [1.807, 2.05) is 19.1 Å². The highest BCUT2D eigenvalue weighted by molar-refractivity contribution is 8.18. The Balaban J connectivity index is 1.65. The number of aryl methyl sites for hydroxylation is 1. The highest BCUT2D eigenvalue weighted by Crippen LogP contribution is 2.32. The van der Waals surface area contributed by atoms with Gasteiger partial charge in [-0.2, -0.15) is 0 Å². The Morgan fingerprint density at radius 2 is 1.78 bits per heavy atom. The highest BCUT2D eigenvalue weighted by Gasteiger charge is 2.36. The molecule has 2 aromatic carbocycles. The zero-order valence-corrected chi connectivity index (χ0v) is 15.4. The minimum absolute atomic E-state index is 0.201. The molecule has 0 aliphatic carbocycles. The van der Waals surface area contributed by atoms with Crippen molar-refractivity contribution in [2.24, 2.45) is 0 Å². The van der Waals surface area contributed by atoms with Crippen molar-refractivity contribution in [1.29, 1.82) is 0 Å². The lowest BCUT2D eigenvalue weighted by molar-refractivity contribution is -0.127. The molecule has 0 atom stereocenters. The number of amides is 3. The van der Waals surface area contributed by atoms with Crippen molar-refractivity contribution in [3.05, 3.63) is 70.4 Å². The maximum absolute atomic E-state index is 13.0. The summed E-state index contributed by atoms with van der Waals surface area (Å²) < 4.78 is 13.0. The molecule has 1 fully saturated rings. The monoisotopic (exact) mass is 384 g/mol. The fourth-order valence-corrected chi connectivity index (χ4v) is 3.35. The second-order valence-electron chi connectivity index (χ2n) is 5.92. The molecule has 0 aromatic heterocycles. The summed E-state index contributed by atoms with van der Waals surface area (Å²) in [5, 5.41) is 2.17. The van der Waals surface area contributed by atoms with Crippen molar-refractivity contribution in [1.82, 2.24) is 4.90 Å². The van der Waals surface area contributed by atoms with Gasteiger partial charge in [0.25, 0.3) is 11.1 Å². The molecule has 1 aliphatic rings. The van der Waals surface area contributed by atoms with Crippen LogP contribution in [0.25, 0.3) is 6.08 Å². The van der Waals surface area contributed by atoms with E-state index < -0.39 is 17.1 Å². The van der Waals surface area contributed by atoms with E-state index in [2.05, 4.69) is 5.32 Å². The molecule has 0 spiro atoms. The molecule has 1 aliphatic heterocycles. The van der Waals surface area contributed by atoms with Crippen LogP contribution < -0.4 is 5.32 Å². The Bertz CT molecular complexity index is 908. The van der Waals surface area contributed by atoms with Gasteiger partial charge < -0.3 is 5.32 Å². The first-order chi connectivity index (χ1) is 13.0. The van der Waals surface area contributed by atoms with E-state index >= 15 is 0 Å². The first kappa shape index (κ1) is 18.8. The molecule has 0 unspecified atom stereocenters. The predicted octanol–water partition coefficient (Wildman–Crippen LogP) is 4.06. The smallest absolute Gasteiger partial charge is 0.294 e. The number of nitrogens with zero attached hydrogens (tertiary/aromatic N) is 1. The lowest BCUT2D eigenvalue weighted by atomic mass is 10.1. The van der Waals surface area contributed by atoms with Crippen molar-refractivity contribution >= 4 is 40.6 Å². The number of carbonyl (C=O) groups is 3. The van der Waals surface area contributed by atoms with E-state index in [0.717, 1.165) is 28.6 Å². The van der Waals surface area contributed by atoms with Gasteiger partial charge in [0.05, 0.1) is 4.91 Å². The number of thioether (sulfide) groups is 1. The lowest BCUT2D eigenvalue weighted by Gasteiger charge is -2.12. The van der Waals surface area contributed by atoms with E-state index in [1.165, 1.54) is 30.3 Å². The largest absolute Gasteiger partial charge is 0.325 e. The molecule has 3 amide bonds. The van der Waals surface area contributed by atoms with Gasteiger partial charge in [-0.1, -0.05) is 31.2 Å². The number of hydrogen-bond acceptors (Lipinski definition) is 4. The Morgan fingerprint density at radius 1 is 1.11 bits per heavy atom. The zero-order chi connectivity index (χ0) is 19.4. The summed E-state index contributed by atoms with van der Waals surface area (Å²) in [5.41, 5.74) is 2.35. The van der Waals surface area contributed by atoms with Gasteiger partial charge in [0.1, 0.15) is 12.4 Å². The van der Waals surface area contributed by atoms with Gasteiger partial charge in [-0.25, -0.2) is 4.39 Å². The summed E-state index contributed by atoms with van der Waals surface area (Å²) in [6.45, 7) is 1.67. The summed E-state index contributed by atoms with van der Waals surface area (Å²) in [7, 11) is 0. The molecule has 1 saturated heterocycles. The van der Waals surface area contributed by atoms with Crippen LogP contribution in [0.3, 0.4) is 0 Å². The topological polar surface area (TPSA) is 66.5 Å². The van der Waals surface area contributed by atoms with Crippen molar-refractivity contribution in [2.75, 3.05) is 11.9 Å². The zero-order valence-electron chi connectivity index (χ0n) is 14.6. The minimum atomic E-state index is -0.536. The average Bonchev–Trinajstić information content (AvgIpc) is 2.91. The predicted molar refractivity (Wildman–Crippen MR) is 104 cm³/mol. The summed E-state index contributed by atoms with van der Waals surface area (Å²) >= 11 is 0.759. The molecule has 0 saturated carbocycles. The van der Waals surface area contributed by atoms with Gasteiger partial charge in [-0.05, 0) is 59.7 Å². The van der Waals surface area contributed by atoms with E-state index in [1.54, 1.807) is 12.1 Å². The van der Waals surface area contributed by atoms with Crippen LogP contribution >= 0.6 is 11.8 Å². The van der Waals surface area contributed by atoms with Crippen LogP contribution in [0.4, 0.5) is 14.9 Å². The molecule has 2 aromatic rings. The van der Waals surface area contributed by atoms with Gasteiger partial charge in [-0.15, -0.1) is 0 Å². The van der Waals surface area contributed by atoms with Crippen LogP contribution in [-0.2, 0) is 16.0 Å². The molecule has 5 nitrogen and oxygen atoms in total. The summed E-state index contributed by atoms with van der Waals surface area (Å²) in [4.78, 5) is 37.8. The van der Waals surface area contributed by atoms with Crippen LogP contribution in [0.2, 0.25) is 0 Å². The number of hydrogen-bond donors (Lipinski definition) is 1. The van der Waals surface area contributed by atoms with Gasteiger partial charge in [0.2, 0.25) is 5.91 Å². The highest BCUT2D eigenvalue weighted by atomic mass is 32.2. The van der Waals surface area contributed by atoms with Gasteiger partial charge >= 0.3 is 0 Å². The molecule has 138 valence electrons. The maximum Gasteiger partial charge on any atom is 0.294 e. The second kappa shape index (κ2) is 8.18. The SMILES string of the molecule is CCc1ccc(NC(=O)CN2C(=O)S/C(=C/c3ccc(F)cc3)C2=O)cc1. The van der Waals surface area contributed by atoms with Crippen molar-refractivity contribution in [3.8, 4) is 0 Å². The fourth-order valence-electron chi connectivity index (χ4n) is 2.51. The lowest BCUT2D eigenvalue weighted by Crippen LogP contribution is -2.36. The van der Waals surface area contributed by atoms with E-state index in [-0.39, 0.29) is 17.3 Å². The molecule has 1 heterocycles.